The molecule has 2 heterocycles. The average Bonchev–Trinajstić information content (AvgIpc) is 3.24. The summed E-state index contributed by atoms with van der Waals surface area (Å²) in [5.74, 6) is 1.000. The first-order chi connectivity index (χ1) is 15.1. The maximum absolute atomic E-state index is 12.8. The third-order valence-electron chi connectivity index (χ3n) is 4.67. The SMILES string of the molecule is O=C(Nc1ccc(Oc2ccc(Cl)cc2)cc1)c1cc2c(=O)oc3ccccc3c2s1. The molecule has 31 heavy (non-hydrogen) atoms. The van der Waals surface area contributed by atoms with E-state index in [0.717, 1.165) is 10.1 Å². The van der Waals surface area contributed by atoms with Gasteiger partial charge in [-0.15, -0.1) is 11.3 Å². The van der Waals surface area contributed by atoms with Gasteiger partial charge in [0.15, 0.2) is 0 Å². The number of anilines is 1. The van der Waals surface area contributed by atoms with Gasteiger partial charge in [0.05, 0.1) is 15.0 Å². The molecule has 152 valence electrons. The topological polar surface area (TPSA) is 68.5 Å². The molecule has 1 N–H and O–H groups in total. The van der Waals surface area contributed by atoms with Crippen LogP contribution < -0.4 is 15.7 Å². The number of halogens is 1. The average molecular weight is 448 g/mol. The molecule has 5 rings (SSSR count). The Labute approximate surface area is 185 Å². The standard InChI is InChI=1S/C24H14ClNO4S/c25-14-5-9-16(10-6-14)29-17-11-7-15(8-12-17)26-23(27)21-13-19-22(31-21)18-3-1-2-4-20(18)30-24(19)28/h1-13H,(H,26,27). The van der Waals surface area contributed by atoms with Crippen LogP contribution in [0, 0.1) is 0 Å². The summed E-state index contributed by atoms with van der Waals surface area (Å²) in [4.78, 5) is 25.5. The smallest absolute Gasteiger partial charge is 0.345 e. The van der Waals surface area contributed by atoms with Crippen molar-refractivity contribution in [2.45, 2.75) is 0 Å². The van der Waals surface area contributed by atoms with E-state index in [1.807, 2.05) is 12.1 Å². The van der Waals surface area contributed by atoms with Crippen molar-refractivity contribution >= 4 is 55.6 Å². The van der Waals surface area contributed by atoms with Gasteiger partial charge in [-0.1, -0.05) is 23.7 Å². The predicted octanol–water partition coefficient (Wildman–Crippen LogP) is 6.71. The van der Waals surface area contributed by atoms with Crippen LogP contribution in [0.15, 0.2) is 88.1 Å². The highest BCUT2D eigenvalue weighted by Crippen LogP contribution is 2.31. The molecule has 2 aromatic heterocycles. The molecule has 5 nitrogen and oxygen atoms in total. The number of amides is 1. The molecule has 7 heteroatoms. The number of hydrogen-bond acceptors (Lipinski definition) is 5. The minimum absolute atomic E-state index is 0.295. The second kappa shape index (κ2) is 7.91. The zero-order valence-corrected chi connectivity index (χ0v) is 17.5. The first-order valence-electron chi connectivity index (χ1n) is 9.37. The number of fused-ring (bicyclic) bond motifs is 3. The Morgan fingerprint density at radius 2 is 1.58 bits per heavy atom. The molecule has 1 amide bonds. The zero-order chi connectivity index (χ0) is 21.4. The molecule has 3 aromatic carbocycles. The lowest BCUT2D eigenvalue weighted by Crippen LogP contribution is -2.10. The Kier molecular flexibility index (Phi) is 4.94. The number of benzene rings is 3. The quantitative estimate of drug-likeness (QED) is 0.311. The van der Waals surface area contributed by atoms with Crippen LogP contribution in [0.3, 0.4) is 0 Å². The van der Waals surface area contributed by atoms with Crippen LogP contribution in [-0.2, 0) is 0 Å². The van der Waals surface area contributed by atoms with E-state index in [1.165, 1.54) is 11.3 Å². The Morgan fingerprint density at radius 3 is 2.32 bits per heavy atom. The van der Waals surface area contributed by atoms with E-state index in [0.29, 0.717) is 38.1 Å². The lowest BCUT2D eigenvalue weighted by molar-refractivity contribution is 0.103. The lowest BCUT2D eigenvalue weighted by atomic mass is 10.2. The van der Waals surface area contributed by atoms with Crippen molar-refractivity contribution < 1.29 is 13.9 Å². The summed E-state index contributed by atoms with van der Waals surface area (Å²) in [7, 11) is 0. The van der Waals surface area contributed by atoms with Crippen LogP contribution in [0.2, 0.25) is 5.02 Å². The molecule has 0 aliphatic heterocycles. The highest BCUT2D eigenvalue weighted by atomic mass is 35.5. The van der Waals surface area contributed by atoms with Crippen molar-refractivity contribution in [3.05, 3.63) is 99.2 Å². The van der Waals surface area contributed by atoms with Crippen LogP contribution in [0.5, 0.6) is 11.5 Å². The predicted molar refractivity (Wildman–Crippen MR) is 124 cm³/mol. The van der Waals surface area contributed by atoms with Crippen molar-refractivity contribution in [2.75, 3.05) is 5.32 Å². The maximum atomic E-state index is 12.8. The highest BCUT2D eigenvalue weighted by molar-refractivity contribution is 7.21. The van der Waals surface area contributed by atoms with E-state index < -0.39 is 5.63 Å². The lowest BCUT2D eigenvalue weighted by Gasteiger charge is -2.07. The zero-order valence-electron chi connectivity index (χ0n) is 15.9. The van der Waals surface area contributed by atoms with Gasteiger partial charge in [0.1, 0.15) is 17.1 Å². The van der Waals surface area contributed by atoms with Gasteiger partial charge in [-0.2, -0.15) is 0 Å². The van der Waals surface area contributed by atoms with Crippen LogP contribution in [-0.4, -0.2) is 5.91 Å². The molecule has 0 spiro atoms. The molecule has 5 aromatic rings. The van der Waals surface area contributed by atoms with Crippen LogP contribution in [0.4, 0.5) is 5.69 Å². The molecule has 0 saturated heterocycles. The number of ether oxygens (including phenoxy) is 1. The molecule has 0 unspecified atom stereocenters. The summed E-state index contributed by atoms with van der Waals surface area (Å²) in [5, 5.41) is 4.70. The number of carbonyl (C=O) groups is 1. The van der Waals surface area contributed by atoms with Crippen LogP contribution in [0.25, 0.3) is 21.1 Å². The number of para-hydroxylation sites is 1. The number of rotatable bonds is 4. The van der Waals surface area contributed by atoms with Gasteiger partial charge in [-0.3, -0.25) is 4.79 Å². The fraction of sp³-hybridized carbons (Fsp3) is 0. The van der Waals surface area contributed by atoms with Gasteiger partial charge in [0.25, 0.3) is 5.91 Å². The Balaban J connectivity index is 1.37. The minimum atomic E-state index is -0.451. The number of hydrogen-bond donors (Lipinski definition) is 1. The number of thiophene rings is 1. The Morgan fingerprint density at radius 1 is 0.903 bits per heavy atom. The molecule has 0 saturated carbocycles. The fourth-order valence-electron chi connectivity index (χ4n) is 3.19. The van der Waals surface area contributed by atoms with Gasteiger partial charge in [0.2, 0.25) is 0 Å². The first kappa shape index (κ1) is 19.4. The summed E-state index contributed by atoms with van der Waals surface area (Å²) in [6.45, 7) is 0. The van der Waals surface area contributed by atoms with Gasteiger partial charge in [0, 0.05) is 16.1 Å². The second-order valence-electron chi connectivity index (χ2n) is 6.77. The number of nitrogens with one attached hydrogen (secondary N) is 1. The number of carbonyl (C=O) groups excluding carboxylic acids is 1. The monoisotopic (exact) mass is 447 g/mol. The van der Waals surface area contributed by atoms with Gasteiger partial charge >= 0.3 is 5.63 Å². The van der Waals surface area contributed by atoms with Crippen molar-refractivity contribution in [3.8, 4) is 11.5 Å². The maximum Gasteiger partial charge on any atom is 0.345 e. The van der Waals surface area contributed by atoms with Crippen LogP contribution >= 0.6 is 22.9 Å². The molecular weight excluding hydrogens is 434 g/mol. The summed E-state index contributed by atoms with van der Waals surface area (Å²) in [5.41, 5.74) is 0.667. The molecule has 0 fully saturated rings. The normalized spacial score (nSPS) is 11.0. The van der Waals surface area contributed by atoms with Gasteiger partial charge in [-0.05, 0) is 66.7 Å². The molecule has 0 atom stereocenters. The molecule has 0 aliphatic rings. The summed E-state index contributed by atoms with van der Waals surface area (Å²) in [6.07, 6.45) is 0. The van der Waals surface area contributed by atoms with Crippen LogP contribution in [0.1, 0.15) is 9.67 Å². The van der Waals surface area contributed by atoms with E-state index in [1.54, 1.807) is 66.7 Å². The van der Waals surface area contributed by atoms with E-state index in [4.69, 9.17) is 20.8 Å². The van der Waals surface area contributed by atoms with Crippen molar-refractivity contribution in [1.29, 1.82) is 0 Å². The van der Waals surface area contributed by atoms with E-state index in [-0.39, 0.29) is 5.91 Å². The van der Waals surface area contributed by atoms with E-state index >= 15 is 0 Å². The van der Waals surface area contributed by atoms with E-state index in [9.17, 15) is 9.59 Å². The minimum Gasteiger partial charge on any atom is -0.457 e. The summed E-state index contributed by atoms with van der Waals surface area (Å²) in [6, 6.07) is 22.9. The third-order valence-corrected chi connectivity index (χ3v) is 6.09. The molecular formula is C24H14ClNO4S. The van der Waals surface area contributed by atoms with Gasteiger partial charge in [-0.25, -0.2) is 4.79 Å². The van der Waals surface area contributed by atoms with E-state index in [2.05, 4.69) is 5.32 Å². The third kappa shape index (κ3) is 3.91. The van der Waals surface area contributed by atoms with Crippen molar-refractivity contribution in [1.82, 2.24) is 0 Å². The first-order valence-corrected chi connectivity index (χ1v) is 10.6. The fourth-order valence-corrected chi connectivity index (χ4v) is 4.39. The van der Waals surface area contributed by atoms with Crippen molar-refractivity contribution in [2.24, 2.45) is 0 Å². The van der Waals surface area contributed by atoms with Gasteiger partial charge < -0.3 is 14.5 Å². The Hall–Kier alpha value is -3.61. The summed E-state index contributed by atoms with van der Waals surface area (Å²) < 4.78 is 11.8. The second-order valence-corrected chi connectivity index (χ2v) is 8.26. The molecule has 0 aliphatic carbocycles. The molecule has 0 radical (unpaired) electrons. The largest absolute Gasteiger partial charge is 0.457 e. The summed E-state index contributed by atoms with van der Waals surface area (Å²) >= 11 is 7.15. The highest BCUT2D eigenvalue weighted by Gasteiger charge is 2.16. The van der Waals surface area contributed by atoms with Crippen molar-refractivity contribution in [3.63, 3.8) is 0 Å². The molecule has 0 bridgehead atoms. The Bertz CT molecular complexity index is 1470.